The van der Waals surface area contributed by atoms with Crippen LogP contribution in [0.2, 0.25) is 0 Å². The number of anilines is 1. The molecule has 2 heterocycles. The second-order valence-corrected chi connectivity index (χ2v) is 8.17. The van der Waals surface area contributed by atoms with Crippen molar-refractivity contribution >= 4 is 38.3 Å². The molecule has 1 aromatic carbocycles. The van der Waals surface area contributed by atoms with Gasteiger partial charge in [0.15, 0.2) is 10.9 Å². The van der Waals surface area contributed by atoms with E-state index in [1.54, 1.807) is 6.92 Å². The first-order valence-corrected chi connectivity index (χ1v) is 9.48. The zero-order chi connectivity index (χ0) is 18.1. The highest BCUT2D eigenvalue weighted by Crippen LogP contribution is 2.32. The van der Waals surface area contributed by atoms with E-state index in [1.807, 2.05) is 45.0 Å². The van der Waals surface area contributed by atoms with Crippen molar-refractivity contribution in [2.24, 2.45) is 0 Å². The summed E-state index contributed by atoms with van der Waals surface area (Å²) in [5.74, 6) is 0.438. The molecule has 7 heteroatoms. The fraction of sp³-hybridized carbons (Fsp3) is 0.278. The van der Waals surface area contributed by atoms with Crippen molar-refractivity contribution in [1.82, 2.24) is 10.1 Å². The molecule has 0 radical (unpaired) electrons. The van der Waals surface area contributed by atoms with Gasteiger partial charge in [-0.05, 0) is 26.0 Å². The van der Waals surface area contributed by atoms with Gasteiger partial charge in [0.2, 0.25) is 0 Å². The van der Waals surface area contributed by atoms with E-state index in [4.69, 9.17) is 4.52 Å². The minimum Gasteiger partial charge on any atom is -0.360 e. The molecular formula is C18H18BrN3O2S. The number of hydrogen-bond acceptors (Lipinski definition) is 5. The van der Waals surface area contributed by atoms with E-state index < -0.39 is 0 Å². The van der Waals surface area contributed by atoms with E-state index in [1.165, 1.54) is 11.3 Å². The maximum absolute atomic E-state index is 12.7. The molecule has 0 aliphatic carbocycles. The van der Waals surface area contributed by atoms with Crippen LogP contribution in [0.1, 0.15) is 46.5 Å². The van der Waals surface area contributed by atoms with Crippen LogP contribution in [0.4, 0.5) is 5.13 Å². The summed E-state index contributed by atoms with van der Waals surface area (Å²) in [5.41, 5.74) is 2.97. The molecule has 0 atom stereocenters. The van der Waals surface area contributed by atoms with E-state index in [2.05, 4.69) is 31.4 Å². The molecule has 5 nitrogen and oxygen atoms in total. The van der Waals surface area contributed by atoms with Gasteiger partial charge in [-0.1, -0.05) is 47.1 Å². The summed E-state index contributed by atoms with van der Waals surface area (Å²) in [6.07, 6.45) is 0. The fourth-order valence-corrected chi connectivity index (χ4v) is 3.64. The third-order valence-corrected chi connectivity index (χ3v) is 5.19. The third kappa shape index (κ3) is 3.67. The summed E-state index contributed by atoms with van der Waals surface area (Å²) >= 11 is 4.89. The van der Waals surface area contributed by atoms with E-state index >= 15 is 0 Å². The van der Waals surface area contributed by atoms with Gasteiger partial charge in [0, 0.05) is 20.8 Å². The van der Waals surface area contributed by atoms with Crippen LogP contribution in [0.3, 0.4) is 0 Å². The Morgan fingerprint density at radius 2 is 1.92 bits per heavy atom. The van der Waals surface area contributed by atoms with Crippen LogP contribution in [-0.2, 0) is 0 Å². The number of thiazole rings is 1. The molecule has 0 saturated heterocycles. The smallest absolute Gasteiger partial charge is 0.262 e. The predicted octanol–water partition coefficient (Wildman–Crippen LogP) is 5.55. The topological polar surface area (TPSA) is 68.0 Å². The van der Waals surface area contributed by atoms with Crippen molar-refractivity contribution in [2.45, 2.75) is 33.6 Å². The second-order valence-electron chi connectivity index (χ2n) is 6.05. The molecule has 1 amide bonds. The van der Waals surface area contributed by atoms with Gasteiger partial charge in [-0.3, -0.25) is 10.1 Å². The highest BCUT2D eigenvalue weighted by Gasteiger charge is 2.23. The van der Waals surface area contributed by atoms with E-state index in [9.17, 15) is 4.79 Å². The molecule has 0 fully saturated rings. The molecule has 1 N–H and O–H groups in total. The number of aromatic nitrogens is 2. The van der Waals surface area contributed by atoms with E-state index in [-0.39, 0.29) is 11.8 Å². The largest absolute Gasteiger partial charge is 0.360 e. The molecule has 0 saturated carbocycles. The Kier molecular flexibility index (Phi) is 5.06. The SMILES string of the molecule is Cc1noc(C(C)C)c1C(=O)Nc1nc(-c2ccc(Br)cc2)c(C)s1. The van der Waals surface area contributed by atoms with Crippen molar-refractivity contribution in [3.8, 4) is 11.3 Å². The van der Waals surface area contributed by atoms with Crippen LogP contribution in [0.15, 0.2) is 33.3 Å². The van der Waals surface area contributed by atoms with Crippen LogP contribution in [0.5, 0.6) is 0 Å². The number of carbonyl (C=O) groups excluding carboxylic acids is 1. The minimum absolute atomic E-state index is 0.0818. The fourth-order valence-electron chi connectivity index (χ4n) is 2.54. The highest BCUT2D eigenvalue weighted by atomic mass is 79.9. The van der Waals surface area contributed by atoms with Gasteiger partial charge in [0.1, 0.15) is 5.56 Å². The molecule has 3 rings (SSSR count). The van der Waals surface area contributed by atoms with Crippen LogP contribution >= 0.6 is 27.3 Å². The Bertz CT molecular complexity index is 913. The highest BCUT2D eigenvalue weighted by molar-refractivity contribution is 9.10. The first kappa shape index (κ1) is 17.8. The van der Waals surface area contributed by atoms with Gasteiger partial charge in [0.05, 0.1) is 11.4 Å². The van der Waals surface area contributed by atoms with Crippen LogP contribution in [-0.4, -0.2) is 16.0 Å². The summed E-state index contributed by atoms with van der Waals surface area (Å²) in [6.45, 7) is 7.70. The Morgan fingerprint density at radius 3 is 2.56 bits per heavy atom. The number of hydrogen-bond donors (Lipinski definition) is 1. The lowest BCUT2D eigenvalue weighted by molar-refractivity contribution is 0.102. The molecule has 25 heavy (non-hydrogen) atoms. The summed E-state index contributed by atoms with van der Waals surface area (Å²) < 4.78 is 6.31. The molecule has 130 valence electrons. The Balaban J connectivity index is 1.87. The molecule has 2 aromatic heterocycles. The monoisotopic (exact) mass is 419 g/mol. The molecule has 3 aromatic rings. The number of carbonyl (C=O) groups is 1. The van der Waals surface area contributed by atoms with Crippen molar-refractivity contribution in [1.29, 1.82) is 0 Å². The zero-order valence-electron chi connectivity index (χ0n) is 14.4. The minimum atomic E-state index is -0.237. The second kappa shape index (κ2) is 7.09. The third-order valence-electron chi connectivity index (χ3n) is 3.78. The van der Waals surface area contributed by atoms with Crippen molar-refractivity contribution < 1.29 is 9.32 Å². The lowest BCUT2D eigenvalue weighted by Gasteiger charge is -2.04. The van der Waals surface area contributed by atoms with Crippen LogP contribution in [0.25, 0.3) is 11.3 Å². The lowest BCUT2D eigenvalue weighted by atomic mass is 10.0. The Morgan fingerprint density at radius 1 is 1.24 bits per heavy atom. The summed E-state index contributed by atoms with van der Waals surface area (Å²) in [6, 6.07) is 7.95. The predicted molar refractivity (Wildman–Crippen MR) is 103 cm³/mol. The summed E-state index contributed by atoms with van der Waals surface area (Å²) in [5, 5.41) is 7.37. The quantitative estimate of drug-likeness (QED) is 0.601. The van der Waals surface area contributed by atoms with Gasteiger partial charge < -0.3 is 4.52 Å². The average Bonchev–Trinajstić information content (AvgIpc) is 3.11. The normalized spacial score (nSPS) is 11.1. The number of benzene rings is 1. The molecule has 0 unspecified atom stereocenters. The number of nitrogens with one attached hydrogen (secondary N) is 1. The first-order valence-electron chi connectivity index (χ1n) is 7.87. The summed E-state index contributed by atoms with van der Waals surface area (Å²) in [4.78, 5) is 18.3. The van der Waals surface area contributed by atoms with Crippen molar-refractivity contribution in [2.75, 3.05) is 5.32 Å². The van der Waals surface area contributed by atoms with Gasteiger partial charge in [-0.2, -0.15) is 0 Å². The number of halogens is 1. The number of rotatable bonds is 4. The number of amides is 1. The van der Waals surface area contributed by atoms with Crippen molar-refractivity contribution in [3.63, 3.8) is 0 Å². The van der Waals surface area contributed by atoms with Gasteiger partial charge in [0.25, 0.3) is 5.91 Å². The Hall–Kier alpha value is -1.99. The van der Waals surface area contributed by atoms with E-state index in [0.29, 0.717) is 22.1 Å². The first-order chi connectivity index (χ1) is 11.9. The van der Waals surface area contributed by atoms with Gasteiger partial charge in [-0.25, -0.2) is 4.98 Å². The summed E-state index contributed by atoms with van der Waals surface area (Å²) in [7, 11) is 0. The maximum Gasteiger partial charge on any atom is 0.262 e. The molecule has 0 aliphatic rings. The molecule has 0 aliphatic heterocycles. The standard InChI is InChI=1S/C18H18BrN3O2S/c1-9(2)16-14(10(3)22-24-16)17(23)21-18-20-15(11(4)25-18)12-5-7-13(19)8-6-12/h5-9H,1-4H3,(H,20,21,23). The molecule has 0 bridgehead atoms. The van der Waals surface area contributed by atoms with Crippen molar-refractivity contribution in [3.05, 3.63) is 50.6 Å². The van der Waals surface area contributed by atoms with Crippen LogP contribution < -0.4 is 5.32 Å². The Labute approximate surface area is 158 Å². The van der Waals surface area contributed by atoms with Crippen LogP contribution in [0, 0.1) is 13.8 Å². The number of nitrogens with zero attached hydrogens (tertiary/aromatic N) is 2. The maximum atomic E-state index is 12.7. The van der Waals surface area contributed by atoms with Gasteiger partial charge >= 0.3 is 0 Å². The van der Waals surface area contributed by atoms with Gasteiger partial charge in [-0.15, -0.1) is 11.3 Å². The van der Waals surface area contributed by atoms with E-state index in [0.717, 1.165) is 20.6 Å². The average molecular weight is 420 g/mol. The zero-order valence-corrected chi connectivity index (χ0v) is 16.8. The number of aryl methyl sites for hydroxylation is 2. The molecular weight excluding hydrogens is 402 g/mol. The lowest BCUT2D eigenvalue weighted by Crippen LogP contribution is -2.14. The molecule has 0 spiro atoms.